The molecule has 35 heavy (non-hydrogen) atoms. The quantitative estimate of drug-likeness (QED) is 0.363. The predicted octanol–water partition coefficient (Wildman–Crippen LogP) is 5.18. The Hall–Kier alpha value is -4.02. The van der Waals surface area contributed by atoms with Gasteiger partial charge in [-0.1, -0.05) is 12.1 Å². The lowest BCUT2D eigenvalue weighted by atomic mass is 10.0. The van der Waals surface area contributed by atoms with Crippen molar-refractivity contribution in [1.82, 2.24) is 25.1 Å². The average Bonchev–Trinajstić information content (AvgIpc) is 3.34. The van der Waals surface area contributed by atoms with Crippen LogP contribution >= 0.6 is 0 Å². The molecule has 7 nitrogen and oxygen atoms in total. The maximum absolute atomic E-state index is 13.2. The molecule has 3 aromatic heterocycles. The van der Waals surface area contributed by atoms with E-state index in [-0.39, 0.29) is 36.0 Å². The molecule has 0 unspecified atom stereocenters. The number of H-pyrrole nitrogens is 1. The number of carbonyl (C=O) groups is 1. The number of aromatic amines is 1. The summed E-state index contributed by atoms with van der Waals surface area (Å²) in [6.45, 7) is 1.31. The summed E-state index contributed by atoms with van der Waals surface area (Å²) in [5.74, 6) is -0.389. The van der Waals surface area contributed by atoms with E-state index < -0.39 is 24.3 Å². The first-order chi connectivity index (χ1) is 16.7. The smallest absolute Gasteiger partial charge is 0.416 e. The van der Waals surface area contributed by atoms with Crippen LogP contribution in [-0.2, 0) is 19.4 Å². The van der Waals surface area contributed by atoms with Crippen LogP contribution in [-0.4, -0.2) is 44.6 Å². The molecule has 182 valence electrons. The first-order valence-corrected chi connectivity index (χ1v) is 10.7. The third kappa shape index (κ3) is 4.93. The van der Waals surface area contributed by atoms with Crippen LogP contribution < -0.4 is 4.74 Å². The summed E-state index contributed by atoms with van der Waals surface area (Å²) in [7, 11) is 1.57. The van der Waals surface area contributed by atoms with Crippen molar-refractivity contribution in [2.75, 3.05) is 13.7 Å². The molecule has 1 amide bonds. The van der Waals surface area contributed by atoms with Gasteiger partial charge in [-0.05, 0) is 36.8 Å². The number of fused-ring (bicyclic) bond motifs is 1. The Morgan fingerprint density at radius 2 is 1.97 bits per heavy atom. The molecule has 0 fully saturated rings. The molecule has 11 heteroatoms. The van der Waals surface area contributed by atoms with Gasteiger partial charge in [-0.3, -0.25) is 14.9 Å². The van der Waals surface area contributed by atoms with Gasteiger partial charge in [0.25, 0.3) is 5.91 Å². The number of carbonyl (C=O) groups excluding carboxylic acids is 1. The molecule has 4 aromatic rings. The fraction of sp³-hybridized carbons (Fsp3) is 0.250. The summed E-state index contributed by atoms with van der Waals surface area (Å²) in [6, 6.07) is 7.77. The highest BCUT2D eigenvalue weighted by molar-refractivity contribution is 5.93. The predicted molar refractivity (Wildman–Crippen MR) is 120 cm³/mol. The van der Waals surface area contributed by atoms with Crippen molar-refractivity contribution in [2.45, 2.75) is 26.3 Å². The molecule has 0 spiro atoms. The second kappa shape index (κ2) is 9.69. The topological polar surface area (TPSA) is 84.0 Å². The highest BCUT2D eigenvalue weighted by atomic mass is 19.4. The minimum absolute atomic E-state index is 0.0519. The molecule has 0 atom stereocenters. The van der Waals surface area contributed by atoms with Gasteiger partial charge in [0.05, 0.1) is 29.6 Å². The van der Waals surface area contributed by atoms with Crippen LogP contribution in [0.5, 0.6) is 5.88 Å². The van der Waals surface area contributed by atoms with Crippen molar-refractivity contribution in [3.63, 3.8) is 0 Å². The number of rotatable bonds is 7. The van der Waals surface area contributed by atoms with Crippen molar-refractivity contribution in [2.24, 2.45) is 0 Å². The van der Waals surface area contributed by atoms with E-state index in [1.54, 1.807) is 14.0 Å². The van der Waals surface area contributed by atoms with Crippen LogP contribution in [0.4, 0.5) is 17.6 Å². The number of nitrogens with zero attached hydrogens (tertiary/aromatic N) is 4. The largest absolute Gasteiger partial charge is 0.478 e. The molecule has 0 aliphatic carbocycles. The molecule has 0 saturated heterocycles. The van der Waals surface area contributed by atoms with Crippen molar-refractivity contribution in [3.05, 3.63) is 71.3 Å². The molecule has 0 aliphatic rings. The van der Waals surface area contributed by atoms with Crippen LogP contribution in [0.15, 0.2) is 48.8 Å². The third-order valence-electron chi connectivity index (χ3n) is 5.39. The fourth-order valence-electron chi connectivity index (χ4n) is 3.68. The number of pyridine rings is 2. The maximum atomic E-state index is 13.2. The SMILES string of the molecule is CCOc1nc(C(=O)N(C)Cc2cnc(CF)c3cn[nH]c23)ccc1-c1cccc(C(F)(F)F)c1. The lowest BCUT2D eigenvalue weighted by Gasteiger charge is -2.18. The lowest BCUT2D eigenvalue weighted by molar-refractivity contribution is -0.137. The summed E-state index contributed by atoms with van der Waals surface area (Å²) in [4.78, 5) is 22.9. The van der Waals surface area contributed by atoms with Crippen LogP contribution in [0.2, 0.25) is 0 Å². The van der Waals surface area contributed by atoms with Crippen LogP contribution in [0.25, 0.3) is 22.0 Å². The van der Waals surface area contributed by atoms with Crippen LogP contribution in [0.1, 0.15) is 34.2 Å². The molecular weight excluding hydrogens is 466 g/mol. The van der Waals surface area contributed by atoms with Crippen molar-refractivity contribution in [3.8, 4) is 17.0 Å². The molecule has 0 aliphatic heterocycles. The van der Waals surface area contributed by atoms with E-state index in [0.29, 0.717) is 22.0 Å². The zero-order valence-corrected chi connectivity index (χ0v) is 18.9. The van der Waals surface area contributed by atoms with Gasteiger partial charge < -0.3 is 9.64 Å². The lowest BCUT2D eigenvalue weighted by Crippen LogP contribution is -2.27. The Kier molecular flexibility index (Phi) is 6.68. The maximum Gasteiger partial charge on any atom is 0.416 e. The van der Waals surface area contributed by atoms with Gasteiger partial charge in [0, 0.05) is 36.3 Å². The van der Waals surface area contributed by atoms with E-state index in [1.807, 2.05) is 0 Å². The summed E-state index contributed by atoms with van der Waals surface area (Å²) in [5.41, 5.74) is 1.33. The van der Waals surface area contributed by atoms with E-state index >= 15 is 0 Å². The second-order valence-electron chi connectivity index (χ2n) is 7.74. The number of nitrogens with one attached hydrogen (secondary N) is 1. The van der Waals surface area contributed by atoms with Crippen molar-refractivity contribution >= 4 is 16.8 Å². The molecule has 3 heterocycles. The molecule has 4 rings (SSSR count). The minimum atomic E-state index is -4.49. The fourth-order valence-corrected chi connectivity index (χ4v) is 3.68. The molecule has 0 saturated carbocycles. The summed E-state index contributed by atoms with van der Waals surface area (Å²) in [5, 5.41) is 7.28. The summed E-state index contributed by atoms with van der Waals surface area (Å²) < 4.78 is 58.2. The average molecular weight is 487 g/mol. The number of benzene rings is 1. The molecule has 1 aromatic carbocycles. The molecule has 1 N–H and O–H groups in total. The molecule has 0 bridgehead atoms. The van der Waals surface area contributed by atoms with Gasteiger partial charge in [-0.15, -0.1) is 0 Å². The van der Waals surface area contributed by atoms with Gasteiger partial charge in [0.1, 0.15) is 12.4 Å². The Morgan fingerprint density at radius 1 is 1.17 bits per heavy atom. The van der Waals surface area contributed by atoms with Gasteiger partial charge in [-0.25, -0.2) is 9.37 Å². The summed E-state index contributed by atoms with van der Waals surface area (Å²) >= 11 is 0. The van der Waals surface area contributed by atoms with E-state index in [1.165, 1.54) is 41.6 Å². The highest BCUT2D eigenvalue weighted by Crippen LogP contribution is 2.35. The molecular formula is C24H21F4N5O2. The van der Waals surface area contributed by atoms with E-state index in [9.17, 15) is 22.4 Å². The second-order valence-corrected chi connectivity index (χ2v) is 7.74. The number of hydrogen-bond donors (Lipinski definition) is 1. The van der Waals surface area contributed by atoms with Gasteiger partial charge in [0.15, 0.2) is 0 Å². The normalized spacial score (nSPS) is 11.6. The van der Waals surface area contributed by atoms with E-state index in [4.69, 9.17) is 4.74 Å². The number of alkyl halides is 4. The van der Waals surface area contributed by atoms with Crippen molar-refractivity contribution in [1.29, 1.82) is 0 Å². The standard InChI is InChI=1S/C24H21F4N5O2/c1-3-35-22-17(14-5-4-6-16(9-14)24(26,27)28)7-8-19(31-22)23(34)33(2)13-15-11-29-20(10-25)18-12-30-32-21(15)18/h4-9,11-12H,3,10,13H2,1-2H3,(H,30,32). The monoisotopic (exact) mass is 487 g/mol. The van der Waals surface area contributed by atoms with Gasteiger partial charge in [0.2, 0.25) is 5.88 Å². The zero-order valence-electron chi connectivity index (χ0n) is 18.9. The first-order valence-electron chi connectivity index (χ1n) is 10.7. The van der Waals surface area contributed by atoms with Gasteiger partial charge in [-0.2, -0.15) is 18.3 Å². The summed E-state index contributed by atoms with van der Waals surface area (Å²) in [6.07, 6.45) is -1.54. The molecule has 0 radical (unpaired) electrons. The highest BCUT2D eigenvalue weighted by Gasteiger charge is 2.31. The Bertz CT molecular complexity index is 1370. The number of amides is 1. The number of ether oxygens (including phenoxy) is 1. The Labute approximate surface area is 197 Å². The van der Waals surface area contributed by atoms with E-state index in [2.05, 4.69) is 20.2 Å². The number of hydrogen-bond acceptors (Lipinski definition) is 5. The van der Waals surface area contributed by atoms with E-state index in [0.717, 1.165) is 12.1 Å². The van der Waals surface area contributed by atoms with Crippen LogP contribution in [0.3, 0.4) is 0 Å². The van der Waals surface area contributed by atoms with Crippen LogP contribution in [0, 0.1) is 0 Å². The Morgan fingerprint density at radius 3 is 2.69 bits per heavy atom. The number of halogens is 4. The zero-order chi connectivity index (χ0) is 25.2. The van der Waals surface area contributed by atoms with Gasteiger partial charge >= 0.3 is 6.18 Å². The number of aromatic nitrogens is 4. The van der Waals surface area contributed by atoms with Crippen molar-refractivity contribution < 1.29 is 27.1 Å². The minimum Gasteiger partial charge on any atom is -0.478 e. The Balaban J connectivity index is 1.62. The third-order valence-corrected chi connectivity index (χ3v) is 5.39. The first kappa shape index (κ1) is 24.1.